The lowest BCUT2D eigenvalue weighted by molar-refractivity contribution is 0.763. The van der Waals surface area contributed by atoms with Crippen LogP contribution in [0.4, 0.5) is 11.5 Å². The van der Waals surface area contributed by atoms with E-state index < -0.39 is 0 Å². The van der Waals surface area contributed by atoms with Gasteiger partial charge >= 0.3 is 0 Å². The van der Waals surface area contributed by atoms with E-state index in [2.05, 4.69) is 54.7 Å². The number of fused-ring (bicyclic) bond motifs is 1. The Hall–Kier alpha value is -4.30. The van der Waals surface area contributed by atoms with E-state index in [1.165, 1.54) is 19.2 Å². The molecule has 3 heterocycles. The first-order chi connectivity index (χ1) is 18.1. The minimum atomic E-state index is 0.455. The first-order valence-corrected chi connectivity index (χ1v) is 12.5. The molecule has 0 amide bonds. The quantitative estimate of drug-likeness (QED) is 0.250. The fourth-order valence-electron chi connectivity index (χ4n) is 4.81. The van der Waals surface area contributed by atoms with Gasteiger partial charge in [-0.3, -0.25) is 14.7 Å². The van der Waals surface area contributed by atoms with Crippen LogP contribution in [-0.2, 0) is 6.42 Å². The molecular formula is C28H25ClN8. The van der Waals surface area contributed by atoms with Gasteiger partial charge in [-0.15, -0.1) is 0 Å². The summed E-state index contributed by atoms with van der Waals surface area (Å²) in [6, 6.07) is 13.8. The number of imidazole rings is 1. The highest BCUT2D eigenvalue weighted by molar-refractivity contribution is 6.33. The molecule has 0 bridgehead atoms. The van der Waals surface area contributed by atoms with Crippen molar-refractivity contribution in [3.63, 3.8) is 0 Å². The summed E-state index contributed by atoms with van der Waals surface area (Å²) >= 11 is 6.53. The van der Waals surface area contributed by atoms with Gasteiger partial charge in [-0.25, -0.2) is 15.0 Å². The van der Waals surface area contributed by atoms with Gasteiger partial charge in [-0.05, 0) is 73.9 Å². The number of rotatable bonds is 7. The molecular weight excluding hydrogens is 484 g/mol. The number of allylic oxidation sites excluding steroid dienone is 1. The van der Waals surface area contributed by atoms with Crippen molar-refractivity contribution in [2.24, 2.45) is 10.9 Å². The first kappa shape index (κ1) is 23.1. The normalized spacial score (nSPS) is 13.8. The van der Waals surface area contributed by atoms with Crippen LogP contribution in [0, 0.1) is 5.92 Å². The number of anilines is 1. The fraction of sp³-hybridized carbons (Fsp3) is 0.179. The number of aliphatic imine (C=N–C) groups is 1. The summed E-state index contributed by atoms with van der Waals surface area (Å²) in [4.78, 5) is 18.1. The Bertz CT molecular complexity index is 1660. The van der Waals surface area contributed by atoms with E-state index in [1.807, 2.05) is 37.3 Å². The average molecular weight is 509 g/mol. The monoisotopic (exact) mass is 508 g/mol. The number of H-pyrrole nitrogens is 1. The molecule has 1 aliphatic rings. The van der Waals surface area contributed by atoms with Crippen molar-refractivity contribution in [1.29, 1.82) is 0 Å². The Morgan fingerprint density at radius 3 is 2.78 bits per heavy atom. The van der Waals surface area contributed by atoms with Crippen LogP contribution in [0.3, 0.4) is 0 Å². The second-order valence-electron chi connectivity index (χ2n) is 9.17. The number of hydrogen-bond acceptors (Lipinski definition) is 6. The van der Waals surface area contributed by atoms with Crippen LogP contribution in [0.2, 0.25) is 5.02 Å². The van der Waals surface area contributed by atoms with Gasteiger partial charge in [-0.1, -0.05) is 29.8 Å². The smallest absolute Gasteiger partial charge is 0.157 e. The van der Waals surface area contributed by atoms with Crippen LogP contribution >= 0.6 is 11.6 Å². The van der Waals surface area contributed by atoms with E-state index in [0.717, 1.165) is 51.2 Å². The number of nitrogens with two attached hydrogens (primary N) is 1. The number of nitrogen functional groups attached to an aromatic ring is 1. The van der Waals surface area contributed by atoms with Crippen molar-refractivity contribution in [3.8, 4) is 22.5 Å². The first-order valence-electron chi connectivity index (χ1n) is 12.1. The van der Waals surface area contributed by atoms with E-state index >= 15 is 0 Å². The number of aromatic nitrogens is 6. The number of pyridine rings is 1. The molecule has 0 spiro atoms. The summed E-state index contributed by atoms with van der Waals surface area (Å²) in [5.74, 6) is 2.71. The minimum absolute atomic E-state index is 0.455. The van der Waals surface area contributed by atoms with Crippen LogP contribution in [0.25, 0.3) is 39.2 Å². The van der Waals surface area contributed by atoms with Crippen molar-refractivity contribution in [2.75, 3.05) is 5.73 Å². The molecule has 0 saturated heterocycles. The number of aromatic amines is 1. The zero-order valence-corrected chi connectivity index (χ0v) is 21.1. The molecule has 2 aromatic carbocycles. The lowest BCUT2D eigenvalue weighted by Crippen LogP contribution is -2.06. The second-order valence-corrected chi connectivity index (χ2v) is 9.58. The summed E-state index contributed by atoms with van der Waals surface area (Å²) in [5.41, 5.74) is 13.1. The molecule has 0 aliphatic heterocycles. The molecule has 3 aromatic heterocycles. The van der Waals surface area contributed by atoms with Crippen molar-refractivity contribution in [3.05, 3.63) is 77.5 Å². The minimum Gasteiger partial charge on any atom is -0.384 e. The fourth-order valence-corrected chi connectivity index (χ4v) is 5.04. The standard InChI is InChI=1S/C28H25ClN8/c1-3-22(19-5-4-6-21(29)26(19)31-2)37-23-13-18(17-9-10-32-24(30)14-17)12-20(28-33-15-34-36-28)27(23)35-25(37)11-16-7-8-16/h3-6,9-10,12-16H,2,7-8,11H2,1H3,(H2,30,32)(H,33,34,36)/b22-3+. The lowest BCUT2D eigenvalue weighted by atomic mass is 10.0. The molecule has 6 rings (SSSR count). The van der Waals surface area contributed by atoms with Gasteiger partial charge in [0.2, 0.25) is 0 Å². The van der Waals surface area contributed by atoms with E-state index in [9.17, 15) is 0 Å². The molecule has 37 heavy (non-hydrogen) atoms. The zero-order chi connectivity index (χ0) is 25.5. The third kappa shape index (κ3) is 4.19. The maximum Gasteiger partial charge on any atom is 0.157 e. The third-order valence-corrected chi connectivity index (χ3v) is 7.02. The maximum absolute atomic E-state index is 6.53. The van der Waals surface area contributed by atoms with Crippen molar-refractivity contribution < 1.29 is 0 Å². The molecule has 1 saturated carbocycles. The molecule has 0 atom stereocenters. The molecule has 3 N–H and O–H groups in total. The van der Waals surface area contributed by atoms with Gasteiger partial charge < -0.3 is 5.73 Å². The number of benzene rings is 2. The Morgan fingerprint density at radius 1 is 1.22 bits per heavy atom. The van der Waals surface area contributed by atoms with Crippen molar-refractivity contribution >= 4 is 46.6 Å². The lowest BCUT2D eigenvalue weighted by Gasteiger charge is -2.17. The summed E-state index contributed by atoms with van der Waals surface area (Å²) in [6.45, 7) is 5.79. The summed E-state index contributed by atoms with van der Waals surface area (Å²) < 4.78 is 2.22. The number of nitrogens with zero attached hydrogens (tertiary/aromatic N) is 6. The summed E-state index contributed by atoms with van der Waals surface area (Å²) in [6.07, 6.45) is 8.58. The SMILES string of the molecule is C=Nc1c(Cl)cccc1/C(=C\C)n1c(CC2CC2)nc2c(-c3ncn[nH]3)cc(-c3ccnc(N)c3)cc21. The van der Waals surface area contributed by atoms with E-state index in [1.54, 1.807) is 6.20 Å². The molecule has 1 fully saturated rings. The van der Waals surface area contributed by atoms with Crippen LogP contribution in [0.5, 0.6) is 0 Å². The molecule has 0 radical (unpaired) electrons. The topological polar surface area (TPSA) is 111 Å². The zero-order valence-electron chi connectivity index (χ0n) is 20.3. The van der Waals surface area contributed by atoms with Gasteiger partial charge in [0, 0.05) is 23.7 Å². The number of hydrogen-bond donors (Lipinski definition) is 2. The highest BCUT2D eigenvalue weighted by Gasteiger charge is 2.28. The second kappa shape index (κ2) is 9.29. The molecule has 0 unspecified atom stereocenters. The number of nitrogens with one attached hydrogen (secondary N) is 1. The largest absolute Gasteiger partial charge is 0.384 e. The van der Waals surface area contributed by atoms with E-state index in [-0.39, 0.29) is 0 Å². The number of halogens is 1. The van der Waals surface area contributed by atoms with Gasteiger partial charge in [0.1, 0.15) is 23.5 Å². The Morgan fingerprint density at radius 2 is 2.08 bits per heavy atom. The number of para-hydroxylation sites is 1. The van der Waals surface area contributed by atoms with Gasteiger partial charge in [0.05, 0.1) is 21.9 Å². The van der Waals surface area contributed by atoms with Crippen LogP contribution < -0.4 is 5.73 Å². The van der Waals surface area contributed by atoms with Crippen molar-refractivity contribution in [2.45, 2.75) is 26.2 Å². The Kier molecular flexibility index (Phi) is 5.81. The Labute approximate surface area is 219 Å². The van der Waals surface area contributed by atoms with Gasteiger partial charge in [0.25, 0.3) is 0 Å². The van der Waals surface area contributed by atoms with Crippen molar-refractivity contribution in [1.82, 2.24) is 29.7 Å². The maximum atomic E-state index is 6.53. The van der Waals surface area contributed by atoms with Gasteiger partial charge in [-0.2, -0.15) is 5.10 Å². The average Bonchev–Trinajstić information content (AvgIpc) is 3.41. The molecule has 184 valence electrons. The predicted molar refractivity (Wildman–Crippen MR) is 149 cm³/mol. The third-order valence-electron chi connectivity index (χ3n) is 6.72. The highest BCUT2D eigenvalue weighted by Crippen LogP contribution is 2.41. The van der Waals surface area contributed by atoms with E-state index in [4.69, 9.17) is 22.3 Å². The van der Waals surface area contributed by atoms with E-state index in [0.29, 0.717) is 28.3 Å². The Balaban J connectivity index is 1.68. The highest BCUT2D eigenvalue weighted by atomic mass is 35.5. The summed E-state index contributed by atoms with van der Waals surface area (Å²) in [7, 11) is 0. The summed E-state index contributed by atoms with van der Waals surface area (Å²) in [5, 5.41) is 7.66. The van der Waals surface area contributed by atoms with Crippen LogP contribution in [-0.4, -0.2) is 36.4 Å². The molecule has 9 heteroatoms. The molecule has 1 aliphatic carbocycles. The van der Waals surface area contributed by atoms with Crippen LogP contribution in [0.1, 0.15) is 31.2 Å². The van der Waals surface area contributed by atoms with Gasteiger partial charge in [0.15, 0.2) is 5.82 Å². The molecule has 5 aromatic rings. The van der Waals surface area contributed by atoms with Crippen LogP contribution in [0.15, 0.2) is 66.1 Å². The molecule has 8 nitrogen and oxygen atoms in total. The predicted octanol–water partition coefficient (Wildman–Crippen LogP) is 6.31.